The molecule has 88 valence electrons. The molecule has 0 amide bonds. The first-order valence-electron chi connectivity index (χ1n) is 6.01. The van der Waals surface area contributed by atoms with Crippen LogP contribution in [-0.2, 0) is 0 Å². The summed E-state index contributed by atoms with van der Waals surface area (Å²) in [6.07, 6.45) is 5.06. The fourth-order valence-electron chi connectivity index (χ4n) is 2.28. The van der Waals surface area contributed by atoms with Crippen LogP contribution >= 0.6 is 0 Å². The van der Waals surface area contributed by atoms with Gasteiger partial charge in [0.05, 0.1) is 0 Å². The number of nitrogens with zero attached hydrogens (tertiary/aromatic N) is 2. The smallest absolute Gasteiger partial charge is 0.132 e. The van der Waals surface area contributed by atoms with Crippen LogP contribution in [0.25, 0.3) is 0 Å². The molecular formula is C12H20N4. The molecule has 1 saturated carbocycles. The molecule has 16 heavy (non-hydrogen) atoms. The van der Waals surface area contributed by atoms with Crippen LogP contribution in [0.3, 0.4) is 0 Å². The predicted octanol–water partition coefficient (Wildman–Crippen LogP) is 2.36. The van der Waals surface area contributed by atoms with Gasteiger partial charge in [-0.15, -0.1) is 0 Å². The Labute approximate surface area is 96.7 Å². The minimum Gasteiger partial charge on any atom is -0.384 e. The van der Waals surface area contributed by atoms with Gasteiger partial charge in [-0.05, 0) is 38.5 Å². The Morgan fingerprint density at radius 1 is 1.25 bits per heavy atom. The Balaban J connectivity index is 1.98. The summed E-state index contributed by atoms with van der Waals surface area (Å²) in [4.78, 5) is 8.41. The number of hydrogen-bond acceptors (Lipinski definition) is 4. The maximum absolute atomic E-state index is 5.70. The highest BCUT2D eigenvalue weighted by Gasteiger charge is 2.18. The molecule has 0 radical (unpaired) electrons. The van der Waals surface area contributed by atoms with E-state index in [1.165, 1.54) is 25.7 Å². The Kier molecular flexibility index (Phi) is 3.27. The third-order valence-electron chi connectivity index (χ3n) is 3.23. The first-order valence-corrected chi connectivity index (χ1v) is 6.01. The second kappa shape index (κ2) is 4.68. The standard InChI is InChI=1S/C12H20N4/c1-8-3-5-10(6-4-8)16-12-7-11(13)14-9(2)15-12/h7-8,10H,3-6H2,1-2H3,(H3,13,14,15,16). The largest absolute Gasteiger partial charge is 0.384 e. The fraction of sp³-hybridized carbons (Fsp3) is 0.667. The summed E-state index contributed by atoms with van der Waals surface area (Å²) in [5.41, 5.74) is 5.70. The summed E-state index contributed by atoms with van der Waals surface area (Å²) in [5.74, 6) is 3.01. The van der Waals surface area contributed by atoms with E-state index < -0.39 is 0 Å². The molecule has 0 atom stereocenters. The van der Waals surface area contributed by atoms with Crippen LogP contribution in [0.2, 0.25) is 0 Å². The van der Waals surface area contributed by atoms with Crippen molar-refractivity contribution in [2.24, 2.45) is 5.92 Å². The van der Waals surface area contributed by atoms with Crippen LogP contribution in [0.5, 0.6) is 0 Å². The molecule has 3 N–H and O–H groups in total. The Morgan fingerprint density at radius 2 is 1.94 bits per heavy atom. The molecule has 0 unspecified atom stereocenters. The number of nitrogens with one attached hydrogen (secondary N) is 1. The lowest BCUT2D eigenvalue weighted by atomic mass is 9.87. The van der Waals surface area contributed by atoms with Gasteiger partial charge in [-0.1, -0.05) is 6.92 Å². The van der Waals surface area contributed by atoms with Gasteiger partial charge in [0.15, 0.2) is 0 Å². The third kappa shape index (κ3) is 2.84. The summed E-state index contributed by atoms with van der Waals surface area (Å²) in [6, 6.07) is 2.36. The first-order chi connectivity index (χ1) is 7.63. The van der Waals surface area contributed by atoms with Crippen molar-refractivity contribution in [1.82, 2.24) is 9.97 Å². The van der Waals surface area contributed by atoms with Gasteiger partial charge in [0.2, 0.25) is 0 Å². The lowest BCUT2D eigenvalue weighted by molar-refractivity contribution is 0.361. The lowest BCUT2D eigenvalue weighted by Crippen LogP contribution is -2.25. The van der Waals surface area contributed by atoms with Crippen molar-refractivity contribution in [3.63, 3.8) is 0 Å². The average molecular weight is 220 g/mol. The van der Waals surface area contributed by atoms with Crippen molar-refractivity contribution >= 4 is 11.6 Å². The van der Waals surface area contributed by atoms with Crippen molar-refractivity contribution in [3.05, 3.63) is 11.9 Å². The number of nitrogens with two attached hydrogens (primary N) is 1. The van der Waals surface area contributed by atoms with Crippen LogP contribution in [0.1, 0.15) is 38.4 Å². The minimum atomic E-state index is 0.541. The molecule has 4 heteroatoms. The van der Waals surface area contributed by atoms with E-state index in [1.807, 2.05) is 13.0 Å². The van der Waals surface area contributed by atoms with Crippen LogP contribution < -0.4 is 11.1 Å². The van der Waals surface area contributed by atoms with Crippen molar-refractivity contribution in [3.8, 4) is 0 Å². The Hall–Kier alpha value is -1.32. The van der Waals surface area contributed by atoms with E-state index in [4.69, 9.17) is 5.73 Å². The van der Waals surface area contributed by atoms with E-state index in [0.29, 0.717) is 11.9 Å². The number of rotatable bonds is 2. The van der Waals surface area contributed by atoms with Gasteiger partial charge >= 0.3 is 0 Å². The molecule has 1 fully saturated rings. The average Bonchev–Trinajstić information content (AvgIpc) is 2.20. The zero-order chi connectivity index (χ0) is 11.5. The molecule has 0 bridgehead atoms. The van der Waals surface area contributed by atoms with E-state index in [-0.39, 0.29) is 0 Å². The van der Waals surface area contributed by atoms with E-state index in [1.54, 1.807) is 0 Å². The lowest BCUT2D eigenvalue weighted by Gasteiger charge is -2.27. The number of nitrogen functional groups attached to an aromatic ring is 1. The predicted molar refractivity (Wildman–Crippen MR) is 66.2 cm³/mol. The van der Waals surface area contributed by atoms with Crippen LogP contribution in [0, 0.1) is 12.8 Å². The molecule has 1 aliphatic rings. The van der Waals surface area contributed by atoms with Crippen LogP contribution in [0.15, 0.2) is 6.07 Å². The summed E-state index contributed by atoms with van der Waals surface area (Å²) in [7, 11) is 0. The molecule has 2 rings (SSSR count). The zero-order valence-corrected chi connectivity index (χ0v) is 10.0. The molecular weight excluding hydrogens is 200 g/mol. The van der Waals surface area contributed by atoms with Crippen molar-refractivity contribution < 1.29 is 0 Å². The van der Waals surface area contributed by atoms with Gasteiger partial charge in [0.1, 0.15) is 17.5 Å². The number of aromatic nitrogens is 2. The normalized spacial score (nSPS) is 25.4. The summed E-state index contributed by atoms with van der Waals surface area (Å²) in [5, 5.41) is 3.45. The molecule has 0 aromatic carbocycles. The van der Waals surface area contributed by atoms with E-state index in [2.05, 4.69) is 22.2 Å². The highest BCUT2D eigenvalue weighted by molar-refractivity contribution is 5.45. The van der Waals surface area contributed by atoms with Crippen molar-refractivity contribution in [2.45, 2.75) is 45.6 Å². The molecule has 4 nitrogen and oxygen atoms in total. The van der Waals surface area contributed by atoms with Gasteiger partial charge in [-0.2, -0.15) is 0 Å². The van der Waals surface area contributed by atoms with Crippen LogP contribution in [-0.4, -0.2) is 16.0 Å². The molecule has 0 spiro atoms. The molecule has 1 aromatic heterocycles. The maximum Gasteiger partial charge on any atom is 0.132 e. The summed E-state index contributed by atoms with van der Waals surface area (Å²) in [6.45, 7) is 4.19. The second-order valence-electron chi connectivity index (χ2n) is 4.83. The van der Waals surface area contributed by atoms with Gasteiger partial charge in [0, 0.05) is 12.1 Å². The number of aryl methyl sites for hydroxylation is 1. The van der Waals surface area contributed by atoms with Gasteiger partial charge in [-0.3, -0.25) is 0 Å². The number of hydrogen-bond donors (Lipinski definition) is 2. The van der Waals surface area contributed by atoms with Gasteiger partial charge in [-0.25, -0.2) is 9.97 Å². The van der Waals surface area contributed by atoms with Crippen LogP contribution in [0.4, 0.5) is 11.6 Å². The van der Waals surface area contributed by atoms with E-state index >= 15 is 0 Å². The SMILES string of the molecule is Cc1nc(N)cc(NC2CCC(C)CC2)n1. The van der Waals surface area contributed by atoms with Gasteiger partial charge < -0.3 is 11.1 Å². The second-order valence-corrected chi connectivity index (χ2v) is 4.83. The Bertz CT molecular complexity index is 336. The van der Waals surface area contributed by atoms with E-state index in [9.17, 15) is 0 Å². The molecule has 1 aromatic rings. The van der Waals surface area contributed by atoms with Crippen molar-refractivity contribution in [2.75, 3.05) is 11.1 Å². The topological polar surface area (TPSA) is 63.8 Å². The monoisotopic (exact) mass is 220 g/mol. The summed E-state index contributed by atoms with van der Waals surface area (Å²) >= 11 is 0. The molecule has 1 aliphatic carbocycles. The third-order valence-corrected chi connectivity index (χ3v) is 3.23. The fourth-order valence-corrected chi connectivity index (χ4v) is 2.28. The Morgan fingerprint density at radius 3 is 2.56 bits per heavy atom. The minimum absolute atomic E-state index is 0.541. The maximum atomic E-state index is 5.70. The first kappa shape index (κ1) is 11.2. The quantitative estimate of drug-likeness (QED) is 0.803. The zero-order valence-electron chi connectivity index (χ0n) is 10.0. The molecule has 0 saturated heterocycles. The molecule has 0 aliphatic heterocycles. The highest BCUT2D eigenvalue weighted by atomic mass is 15.1. The van der Waals surface area contributed by atoms with Gasteiger partial charge in [0.25, 0.3) is 0 Å². The molecule has 1 heterocycles. The highest BCUT2D eigenvalue weighted by Crippen LogP contribution is 2.25. The van der Waals surface area contributed by atoms with Crippen molar-refractivity contribution in [1.29, 1.82) is 0 Å². The van der Waals surface area contributed by atoms with E-state index in [0.717, 1.165) is 17.6 Å². The number of anilines is 2. The summed E-state index contributed by atoms with van der Waals surface area (Å²) < 4.78 is 0.